The lowest BCUT2D eigenvalue weighted by Crippen LogP contribution is -2.27. The lowest BCUT2D eigenvalue weighted by Gasteiger charge is -2.19. The number of hydrogen-bond acceptors (Lipinski definition) is 3. The zero-order valence-electron chi connectivity index (χ0n) is 9.58. The number of alkyl halides is 1. The largest absolute Gasteiger partial charge is 0.444 e. The summed E-state index contributed by atoms with van der Waals surface area (Å²) < 4.78 is 5.11. The molecule has 0 saturated heterocycles. The molecule has 0 aliphatic rings. The van der Waals surface area contributed by atoms with E-state index in [-0.39, 0.29) is 0 Å². The Hall–Kier alpha value is -1.10. The van der Waals surface area contributed by atoms with E-state index in [1.54, 1.807) is 6.07 Å². The molecule has 0 aromatic carbocycles. The maximum atomic E-state index is 11.4. The summed E-state index contributed by atoms with van der Waals surface area (Å²) in [5.41, 5.74) is 0.352. The Balaban J connectivity index is 2.62. The second kappa shape index (κ2) is 5.30. The highest BCUT2D eigenvalue weighted by atomic mass is 79.9. The van der Waals surface area contributed by atoms with Gasteiger partial charge in [0.15, 0.2) is 0 Å². The van der Waals surface area contributed by atoms with Crippen molar-refractivity contribution in [3.63, 3.8) is 0 Å². The van der Waals surface area contributed by atoms with Crippen LogP contribution in [0, 0.1) is 0 Å². The van der Waals surface area contributed by atoms with E-state index in [2.05, 4.69) is 26.2 Å². The number of ether oxygens (including phenoxy) is 1. The highest BCUT2D eigenvalue weighted by molar-refractivity contribution is 9.08. The van der Waals surface area contributed by atoms with E-state index < -0.39 is 11.7 Å². The van der Waals surface area contributed by atoms with Crippen molar-refractivity contribution in [3.8, 4) is 0 Å². The topological polar surface area (TPSA) is 51.2 Å². The van der Waals surface area contributed by atoms with Gasteiger partial charge in [-0.05, 0) is 32.9 Å². The first-order chi connectivity index (χ1) is 7.40. The van der Waals surface area contributed by atoms with Gasteiger partial charge in [-0.2, -0.15) is 0 Å². The summed E-state index contributed by atoms with van der Waals surface area (Å²) >= 11 is 3.30. The van der Waals surface area contributed by atoms with Crippen molar-refractivity contribution in [2.45, 2.75) is 31.7 Å². The van der Waals surface area contributed by atoms with E-state index >= 15 is 0 Å². The molecule has 0 unspecified atom stereocenters. The van der Waals surface area contributed by atoms with Crippen LogP contribution in [0.15, 0.2) is 18.2 Å². The molecule has 0 aliphatic heterocycles. The highest BCUT2D eigenvalue weighted by Crippen LogP contribution is 2.11. The SMILES string of the molecule is CC(C)(C)OC(=O)Nc1cccc(CBr)n1. The van der Waals surface area contributed by atoms with Crippen LogP contribution < -0.4 is 5.32 Å². The third-order valence-corrected chi connectivity index (χ3v) is 2.15. The Morgan fingerprint density at radius 2 is 2.19 bits per heavy atom. The molecule has 0 radical (unpaired) electrons. The summed E-state index contributed by atoms with van der Waals surface area (Å²) in [6, 6.07) is 5.42. The van der Waals surface area contributed by atoms with Crippen molar-refractivity contribution in [2.24, 2.45) is 0 Å². The third-order valence-electron chi connectivity index (χ3n) is 1.57. The molecule has 16 heavy (non-hydrogen) atoms. The summed E-state index contributed by atoms with van der Waals surface area (Å²) in [4.78, 5) is 15.6. The van der Waals surface area contributed by atoms with Gasteiger partial charge in [0.05, 0.1) is 5.69 Å². The molecule has 0 spiro atoms. The Kier molecular flexibility index (Phi) is 4.29. The molecule has 1 aromatic heterocycles. The fourth-order valence-electron chi connectivity index (χ4n) is 1.03. The predicted molar refractivity (Wildman–Crippen MR) is 66.7 cm³/mol. The zero-order chi connectivity index (χ0) is 12.2. The van der Waals surface area contributed by atoms with Gasteiger partial charge in [-0.3, -0.25) is 5.32 Å². The van der Waals surface area contributed by atoms with Crippen molar-refractivity contribution in [2.75, 3.05) is 5.32 Å². The second-order valence-electron chi connectivity index (χ2n) is 4.27. The van der Waals surface area contributed by atoms with Crippen LogP contribution in [-0.4, -0.2) is 16.7 Å². The molecule has 0 atom stereocenters. The minimum Gasteiger partial charge on any atom is -0.444 e. The van der Waals surface area contributed by atoms with Gasteiger partial charge in [-0.15, -0.1) is 0 Å². The Morgan fingerprint density at radius 3 is 2.75 bits per heavy atom. The molecule has 5 heteroatoms. The monoisotopic (exact) mass is 286 g/mol. The molecule has 0 bridgehead atoms. The molecular weight excluding hydrogens is 272 g/mol. The molecule has 1 aromatic rings. The fourth-order valence-corrected chi connectivity index (χ4v) is 1.34. The van der Waals surface area contributed by atoms with Crippen molar-refractivity contribution in [3.05, 3.63) is 23.9 Å². The van der Waals surface area contributed by atoms with Crippen LogP contribution in [0.25, 0.3) is 0 Å². The predicted octanol–water partition coefficient (Wildman–Crippen LogP) is 3.32. The summed E-state index contributed by atoms with van der Waals surface area (Å²) in [6.07, 6.45) is -0.494. The maximum Gasteiger partial charge on any atom is 0.413 e. The second-order valence-corrected chi connectivity index (χ2v) is 4.84. The van der Waals surface area contributed by atoms with E-state index in [1.807, 2.05) is 32.9 Å². The normalized spacial score (nSPS) is 11.0. The number of anilines is 1. The van der Waals surface area contributed by atoms with Crippen LogP contribution in [0.4, 0.5) is 10.6 Å². The van der Waals surface area contributed by atoms with Crippen LogP contribution in [0.2, 0.25) is 0 Å². The smallest absolute Gasteiger partial charge is 0.413 e. The van der Waals surface area contributed by atoms with E-state index in [1.165, 1.54) is 0 Å². The maximum absolute atomic E-state index is 11.4. The van der Waals surface area contributed by atoms with E-state index in [9.17, 15) is 4.79 Å². The molecule has 4 nitrogen and oxygen atoms in total. The average Bonchev–Trinajstić information content (AvgIpc) is 2.15. The van der Waals surface area contributed by atoms with Crippen LogP contribution >= 0.6 is 15.9 Å². The molecule has 1 amide bonds. The Labute approximate surface area is 104 Å². The van der Waals surface area contributed by atoms with Crippen molar-refractivity contribution < 1.29 is 9.53 Å². The van der Waals surface area contributed by atoms with Crippen molar-refractivity contribution >= 4 is 27.8 Å². The van der Waals surface area contributed by atoms with Gasteiger partial charge < -0.3 is 4.74 Å². The van der Waals surface area contributed by atoms with Crippen LogP contribution in [-0.2, 0) is 10.1 Å². The molecule has 1 rings (SSSR count). The first-order valence-corrected chi connectivity index (χ1v) is 6.05. The van der Waals surface area contributed by atoms with Gasteiger partial charge >= 0.3 is 6.09 Å². The number of rotatable bonds is 2. The molecule has 0 aliphatic carbocycles. The standard InChI is InChI=1S/C11H15BrN2O2/c1-11(2,3)16-10(15)14-9-6-4-5-8(7-12)13-9/h4-6H,7H2,1-3H3,(H,13,14,15). The van der Waals surface area contributed by atoms with E-state index in [0.717, 1.165) is 5.69 Å². The van der Waals surface area contributed by atoms with E-state index in [0.29, 0.717) is 11.1 Å². The number of nitrogens with one attached hydrogen (secondary N) is 1. The molecule has 1 heterocycles. The average molecular weight is 287 g/mol. The van der Waals surface area contributed by atoms with Crippen LogP contribution in [0.3, 0.4) is 0 Å². The van der Waals surface area contributed by atoms with Crippen LogP contribution in [0.5, 0.6) is 0 Å². The minimum atomic E-state index is -0.503. The Bertz CT molecular complexity index is 374. The molecule has 0 saturated carbocycles. The molecule has 88 valence electrons. The van der Waals surface area contributed by atoms with E-state index in [4.69, 9.17) is 4.74 Å². The molecular formula is C11H15BrN2O2. The number of nitrogens with zero attached hydrogens (tertiary/aromatic N) is 1. The van der Waals surface area contributed by atoms with Crippen LogP contribution in [0.1, 0.15) is 26.5 Å². The summed E-state index contributed by atoms with van der Waals surface area (Å²) in [6.45, 7) is 5.44. The first kappa shape index (κ1) is 13.0. The van der Waals surface area contributed by atoms with Crippen molar-refractivity contribution in [1.82, 2.24) is 4.98 Å². The fraction of sp³-hybridized carbons (Fsp3) is 0.455. The van der Waals surface area contributed by atoms with Gasteiger partial charge in [0.25, 0.3) is 0 Å². The lowest BCUT2D eigenvalue weighted by atomic mass is 10.2. The number of carbonyl (C=O) groups excluding carboxylic acids is 1. The summed E-state index contributed by atoms with van der Waals surface area (Å²) in [7, 11) is 0. The molecule has 1 N–H and O–H groups in total. The third kappa shape index (κ3) is 4.61. The van der Waals surface area contributed by atoms with Gasteiger partial charge in [0.1, 0.15) is 11.4 Å². The summed E-state index contributed by atoms with van der Waals surface area (Å²) in [5.74, 6) is 0.492. The number of carbonyl (C=O) groups is 1. The number of hydrogen-bond donors (Lipinski definition) is 1. The summed E-state index contributed by atoms with van der Waals surface area (Å²) in [5, 5.41) is 3.23. The number of halogens is 1. The molecule has 0 fully saturated rings. The van der Waals surface area contributed by atoms with Gasteiger partial charge in [0, 0.05) is 5.33 Å². The quantitative estimate of drug-likeness (QED) is 0.849. The van der Waals surface area contributed by atoms with Gasteiger partial charge in [-0.25, -0.2) is 9.78 Å². The van der Waals surface area contributed by atoms with Gasteiger partial charge in [0.2, 0.25) is 0 Å². The zero-order valence-corrected chi connectivity index (χ0v) is 11.2. The Morgan fingerprint density at radius 1 is 1.50 bits per heavy atom. The number of amides is 1. The number of aromatic nitrogens is 1. The van der Waals surface area contributed by atoms with Crippen molar-refractivity contribution in [1.29, 1.82) is 0 Å². The highest BCUT2D eigenvalue weighted by Gasteiger charge is 2.16. The first-order valence-electron chi connectivity index (χ1n) is 4.92. The van der Waals surface area contributed by atoms with Gasteiger partial charge in [-0.1, -0.05) is 22.0 Å². The number of pyridine rings is 1. The minimum absolute atomic E-state index is 0.492. The lowest BCUT2D eigenvalue weighted by molar-refractivity contribution is 0.0635.